The molecule has 0 atom stereocenters. The van der Waals surface area contributed by atoms with Gasteiger partial charge in [-0.15, -0.1) is 0 Å². The molecule has 2 aromatic heterocycles. The quantitative estimate of drug-likeness (QED) is 0.197. The first kappa shape index (κ1) is 23.5. The fourth-order valence-corrected chi connectivity index (χ4v) is 3.68. The number of halogens is 3. The SMILES string of the molecule is CCCSNc1ccc(F)c(C(=O)c2c[nH]n(C)cc(-c3ccnc(F)c3)cc2C)c1F. The van der Waals surface area contributed by atoms with Crippen molar-refractivity contribution in [2.45, 2.75) is 20.3 Å². The molecule has 32 heavy (non-hydrogen) atoms. The van der Waals surface area contributed by atoms with E-state index < -0.39 is 28.9 Å². The molecule has 3 aromatic rings. The minimum Gasteiger partial charge on any atom is -0.327 e. The van der Waals surface area contributed by atoms with Crippen molar-refractivity contribution in [3.8, 4) is 11.1 Å². The Labute approximate surface area is 188 Å². The van der Waals surface area contributed by atoms with Gasteiger partial charge in [0.1, 0.15) is 5.82 Å². The molecule has 3 rings (SSSR count). The summed E-state index contributed by atoms with van der Waals surface area (Å²) in [4.78, 5) is 16.8. The molecule has 0 radical (unpaired) electrons. The second-order valence-corrected chi connectivity index (χ2v) is 8.04. The number of aromatic amines is 1. The third-order valence-corrected chi connectivity index (χ3v) is 5.63. The second-order valence-electron chi connectivity index (χ2n) is 7.14. The van der Waals surface area contributed by atoms with E-state index in [0.29, 0.717) is 16.7 Å². The molecule has 0 spiro atoms. The van der Waals surface area contributed by atoms with Crippen molar-refractivity contribution in [3.63, 3.8) is 0 Å². The summed E-state index contributed by atoms with van der Waals surface area (Å²) in [7, 11) is 1.68. The highest BCUT2D eigenvalue weighted by atomic mass is 32.2. The van der Waals surface area contributed by atoms with Crippen LogP contribution in [-0.2, 0) is 7.05 Å². The molecular formula is C23H23F3N4OS. The molecule has 168 valence electrons. The number of nitrogens with one attached hydrogen (secondary N) is 2. The lowest BCUT2D eigenvalue weighted by Crippen LogP contribution is -2.11. The van der Waals surface area contributed by atoms with Crippen molar-refractivity contribution in [2.24, 2.45) is 7.05 Å². The van der Waals surface area contributed by atoms with Crippen LogP contribution in [0.2, 0.25) is 0 Å². The summed E-state index contributed by atoms with van der Waals surface area (Å²) in [5, 5.41) is 2.88. The Morgan fingerprint density at radius 1 is 1.19 bits per heavy atom. The predicted molar refractivity (Wildman–Crippen MR) is 121 cm³/mol. The number of carbonyl (C=O) groups is 1. The molecule has 9 heteroatoms. The highest BCUT2D eigenvalue weighted by molar-refractivity contribution is 8.00. The van der Waals surface area contributed by atoms with Gasteiger partial charge in [-0.05, 0) is 54.3 Å². The number of rotatable bonds is 7. The van der Waals surface area contributed by atoms with E-state index in [1.807, 2.05) is 6.92 Å². The Morgan fingerprint density at radius 2 is 1.97 bits per heavy atom. The van der Waals surface area contributed by atoms with Gasteiger partial charge in [-0.25, -0.2) is 13.8 Å². The molecule has 0 fully saturated rings. The average molecular weight is 461 g/mol. The van der Waals surface area contributed by atoms with Gasteiger partial charge < -0.3 is 9.82 Å². The van der Waals surface area contributed by atoms with E-state index in [1.54, 1.807) is 37.0 Å². The van der Waals surface area contributed by atoms with Gasteiger partial charge in [0.25, 0.3) is 0 Å². The van der Waals surface area contributed by atoms with E-state index in [1.165, 1.54) is 36.5 Å². The first-order valence-electron chi connectivity index (χ1n) is 9.94. The number of aryl methyl sites for hydroxylation is 2. The maximum atomic E-state index is 15.1. The number of ketones is 1. The molecule has 0 aliphatic heterocycles. The van der Waals surface area contributed by atoms with E-state index in [9.17, 15) is 13.6 Å². The molecular weight excluding hydrogens is 437 g/mol. The largest absolute Gasteiger partial charge is 0.327 e. The summed E-state index contributed by atoms with van der Waals surface area (Å²) in [6, 6.07) is 6.88. The Hall–Kier alpha value is -3.20. The zero-order chi connectivity index (χ0) is 23.3. The van der Waals surface area contributed by atoms with Crippen molar-refractivity contribution in [2.75, 3.05) is 10.5 Å². The number of pyridine rings is 1. The van der Waals surface area contributed by atoms with Crippen LogP contribution >= 0.6 is 11.9 Å². The number of carbonyl (C=O) groups excluding carboxylic acids is 1. The van der Waals surface area contributed by atoms with Gasteiger partial charge in [-0.1, -0.05) is 18.9 Å². The van der Waals surface area contributed by atoms with Crippen molar-refractivity contribution in [1.82, 2.24) is 14.8 Å². The molecule has 2 N–H and O–H groups in total. The summed E-state index contributed by atoms with van der Waals surface area (Å²) in [6.07, 6.45) is 5.30. The Balaban J connectivity index is 2.11. The van der Waals surface area contributed by atoms with Crippen LogP contribution in [0.5, 0.6) is 0 Å². The first-order valence-corrected chi connectivity index (χ1v) is 10.9. The van der Waals surface area contributed by atoms with Gasteiger partial charge in [-0.3, -0.25) is 9.48 Å². The predicted octanol–water partition coefficient (Wildman–Crippen LogP) is 5.97. The highest BCUT2D eigenvalue weighted by Crippen LogP contribution is 2.27. The molecule has 0 saturated carbocycles. The fourth-order valence-electron chi connectivity index (χ4n) is 3.06. The molecule has 5 nitrogen and oxygen atoms in total. The molecule has 0 saturated heterocycles. The Morgan fingerprint density at radius 3 is 2.69 bits per heavy atom. The number of aromatic nitrogens is 3. The van der Waals surface area contributed by atoms with Crippen LogP contribution in [0.3, 0.4) is 0 Å². The highest BCUT2D eigenvalue weighted by Gasteiger charge is 2.23. The molecule has 0 unspecified atom stereocenters. The van der Waals surface area contributed by atoms with E-state index in [-0.39, 0.29) is 11.3 Å². The second kappa shape index (κ2) is 10.4. The van der Waals surface area contributed by atoms with E-state index in [0.717, 1.165) is 18.2 Å². The topological polar surface area (TPSA) is 62.7 Å². The maximum Gasteiger partial charge on any atom is 0.213 e. The number of H-pyrrole nitrogens is 1. The number of anilines is 1. The lowest BCUT2D eigenvalue weighted by Gasteiger charge is -2.12. The van der Waals surface area contributed by atoms with Gasteiger partial charge in [-0.2, -0.15) is 4.39 Å². The van der Waals surface area contributed by atoms with Gasteiger partial charge in [0, 0.05) is 43.0 Å². The van der Waals surface area contributed by atoms with Crippen LogP contribution in [0.4, 0.5) is 18.9 Å². The fraction of sp³-hybridized carbons (Fsp3) is 0.217. The Bertz CT molecular complexity index is 1190. The van der Waals surface area contributed by atoms with Gasteiger partial charge in [0.15, 0.2) is 5.82 Å². The summed E-state index contributed by atoms with van der Waals surface area (Å²) in [5.41, 5.74) is 1.06. The van der Waals surface area contributed by atoms with Crippen molar-refractivity contribution < 1.29 is 18.0 Å². The maximum absolute atomic E-state index is 15.1. The number of nitrogens with zero attached hydrogens (tertiary/aromatic N) is 2. The smallest absolute Gasteiger partial charge is 0.213 e. The molecule has 0 bridgehead atoms. The zero-order valence-electron chi connectivity index (χ0n) is 17.9. The van der Waals surface area contributed by atoms with Crippen molar-refractivity contribution >= 4 is 23.4 Å². The summed E-state index contributed by atoms with van der Waals surface area (Å²) >= 11 is 1.28. The average Bonchev–Trinajstić information content (AvgIpc) is 2.74. The Kier molecular flexibility index (Phi) is 7.63. The number of hydrogen-bond donors (Lipinski definition) is 2. The monoisotopic (exact) mass is 460 g/mol. The molecule has 1 aromatic carbocycles. The minimum atomic E-state index is -0.949. The van der Waals surface area contributed by atoms with Crippen molar-refractivity contribution in [1.29, 1.82) is 0 Å². The van der Waals surface area contributed by atoms with Gasteiger partial charge in [0.2, 0.25) is 11.7 Å². The molecule has 0 aliphatic rings. The number of hydrogen-bond acceptors (Lipinski definition) is 4. The van der Waals surface area contributed by atoms with Crippen LogP contribution in [0.25, 0.3) is 11.1 Å². The van der Waals surface area contributed by atoms with Crippen LogP contribution in [0.1, 0.15) is 34.8 Å². The van der Waals surface area contributed by atoms with E-state index in [2.05, 4.69) is 14.8 Å². The standard InChI is InChI=1S/C23H23F3N4OS/c1-4-9-32-29-19-6-5-18(24)21(22(19)26)23(31)17-12-28-30(3)13-16(10-14(17)2)15-7-8-27-20(25)11-15/h5-8,10-13,28-29H,4,9H2,1-3H3. The number of benzene rings is 1. The minimum absolute atomic E-state index is 0.0409. The lowest BCUT2D eigenvalue weighted by atomic mass is 9.98. The summed E-state index contributed by atoms with van der Waals surface area (Å²) in [5.74, 6) is -2.62. The first-order chi connectivity index (χ1) is 15.3. The third kappa shape index (κ3) is 5.34. The normalized spacial score (nSPS) is 10.7. The summed E-state index contributed by atoms with van der Waals surface area (Å²) in [6.45, 7) is 3.63. The summed E-state index contributed by atoms with van der Waals surface area (Å²) < 4.78 is 47.6. The van der Waals surface area contributed by atoms with Crippen LogP contribution < -0.4 is 4.72 Å². The lowest BCUT2D eigenvalue weighted by molar-refractivity contribution is 0.103. The van der Waals surface area contributed by atoms with E-state index >= 15 is 4.39 Å². The van der Waals surface area contributed by atoms with E-state index in [4.69, 9.17) is 0 Å². The van der Waals surface area contributed by atoms with Crippen LogP contribution in [0, 0.1) is 24.5 Å². The third-order valence-electron chi connectivity index (χ3n) is 4.65. The van der Waals surface area contributed by atoms with Crippen LogP contribution in [-0.4, -0.2) is 26.3 Å². The molecule has 0 aliphatic carbocycles. The molecule has 2 heterocycles. The van der Waals surface area contributed by atoms with Gasteiger partial charge in [0.05, 0.1) is 11.3 Å². The molecule has 0 amide bonds. The van der Waals surface area contributed by atoms with Gasteiger partial charge >= 0.3 is 0 Å². The zero-order valence-corrected chi connectivity index (χ0v) is 18.7. The van der Waals surface area contributed by atoms with Crippen LogP contribution in [0.15, 0.2) is 48.9 Å². The van der Waals surface area contributed by atoms with Crippen molar-refractivity contribution in [3.05, 3.63) is 83.2 Å².